The van der Waals surface area contributed by atoms with Crippen LogP contribution in [0.3, 0.4) is 0 Å². The maximum Gasteiger partial charge on any atom is 2.00 e. The van der Waals surface area contributed by atoms with Gasteiger partial charge in [-0.3, -0.25) is 0 Å². The van der Waals surface area contributed by atoms with Crippen LogP contribution in [0.15, 0.2) is 94.8 Å². The third kappa shape index (κ3) is 82.4. The fraction of sp³-hybridized carbons (Fsp3) is 0.786. The quantitative estimate of drug-likeness (QED) is 0.0150. The molecule has 0 atom stereocenters. The van der Waals surface area contributed by atoms with Crippen molar-refractivity contribution in [2.24, 2.45) is 0 Å². The molecule has 0 saturated heterocycles. The first-order chi connectivity index (χ1) is 62.6. The van der Waals surface area contributed by atoms with E-state index in [-0.39, 0.29) is 86.4 Å². The fourth-order valence-electron chi connectivity index (χ4n) is 16.7. The number of carbonyl (C=O) groups excluding carboxylic acids is 4. The van der Waals surface area contributed by atoms with Crippen molar-refractivity contribution in [1.82, 2.24) is 0 Å². The predicted molar refractivity (Wildman–Crippen MR) is 544 cm³/mol. The zero-order chi connectivity index (χ0) is 92.9. The van der Waals surface area contributed by atoms with Gasteiger partial charge in [-0.05, 0) is 165 Å². The van der Waals surface area contributed by atoms with Crippen LogP contribution in [-0.2, 0) is 39.2 Å². The van der Waals surface area contributed by atoms with Crippen molar-refractivity contribution in [1.29, 1.82) is 0 Å². The van der Waals surface area contributed by atoms with Gasteiger partial charge in [0, 0.05) is 0 Å². The molecule has 0 saturated carbocycles. The number of allylic oxidation sites excluding steroid dienone is 8. The average Bonchev–Trinajstić information content (AvgIpc) is 0.812. The van der Waals surface area contributed by atoms with Gasteiger partial charge in [0.1, 0.15) is 20.2 Å². The molecule has 0 aliphatic carbocycles. The standard InChI is InChI=1S/2C56H98O7S.Ca/c2*1-3-5-7-9-11-13-15-17-19-21-23-25-27-29-31-33-35-37-39-41-43-45-49-62-55(57)53-48-47-52(64(59,60)61)51-54(53)56(58)63-50-46-44-42-40-38-36-34-32-30-28-26-24-22-20-18-16-14-12-10-8-6-4-2;/h2*19-22,47-48,51H,3-18,23-46,49-50H2,1-2H3,(H,59,60,61);/q;;+2/p-2/b2*21-19+,22-20+;. The van der Waals surface area contributed by atoms with Crippen molar-refractivity contribution >= 4 is 81.9 Å². The van der Waals surface area contributed by atoms with Gasteiger partial charge < -0.3 is 28.1 Å². The molecule has 0 spiro atoms. The maximum absolute atomic E-state index is 13.0. The monoisotopic (exact) mass is 1870 g/mol. The Bertz CT molecular complexity index is 3020. The Morgan fingerprint density at radius 1 is 0.209 bits per heavy atom. The zero-order valence-corrected chi connectivity index (χ0v) is 87.6. The van der Waals surface area contributed by atoms with Crippen LogP contribution in [-0.4, -0.2) is 114 Å². The number of hydrogen-bond acceptors (Lipinski definition) is 14. The molecular weight excluding hydrogens is 1670 g/mol. The van der Waals surface area contributed by atoms with E-state index in [4.69, 9.17) is 18.9 Å². The summed E-state index contributed by atoms with van der Waals surface area (Å²) in [5.41, 5.74) is -0.664. The van der Waals surface area contributed by atoms with Crippen LogP contribution in [0.4, 0.5) is 0 Å². The predicted octanol–water partition coefficient (Wildman–Crippen LogP) is 34.9. The Morgan fingerprint density at radius 3 is 0.488 bits per heavy atom. The summed E-state index contributed by atoms with van der Waals surface area (Å²) in [7, 11) is -9.64. The molecule has 0 amide bonds. The number of ether oxygens (including phenoxy) is 4. The van der Waals surface area contributed by atoms with E-state index in [0.717, 1.165) is 101 Å². The third-order valence-corrected chi connectivity index (χ3v) is 26.7. The molecule has 0 bridgehead atoms. The first kappa shape index (κ1) is 125. The summed E-state index contributed by atoms with van der Waals surface area (Å²) in [5.74, 6) is -3.08. The van der Waals surface area contributed by atoms with Gasteiger partial charge in [0.15, 0.2) is 0 Å². The Kier molecular flexibility index (Phi) is 93.3. The van der Waals surface area contributed by atoms with Crippen molar-refractivity contribution < 1.29 is 64.1 Å². The molecule has 0 radical (unpaired) electrons. The van der Waals surface area contributed by atoms with E-state index in [0.29, 0.717) is 25.7 Å². The number of carbonyl (C=O) groups is 4. The molecule has 17 heteroatoms. The number of hydrogen-bond donors (Lipinski definition) is 0. The van der Waals surface area contributed by atoms with E-state index >= 15 is 0 Å². The normalized spacial score (nSPS) is 11.8. The topological polar surface area (TPSA) is 220 Å². The van der Waals surface area contributed by atoms with Gasteiger partial charge in [0.2, 0.25) is 0 Å². The molecule has 14 nitrogen and oxygen atoms in total. The second kappa shape index (κ2) is 96.1. The van der Waals surface area contributed by atoms with Crippen LogP contribution in [0.25, 0.3) is 0 Å². The van der Waals surface area contributed by atoms with Crippen LogP contribution in [0.1, 0.15) is 583 Å². The summed E-state index contributed by atoms with van der Waals surface area (Å²) in [4.78, 5) is 50.8. The number of unbranched alkanes of at least 4 members (excludes halogenated alkanes) is 72. The van der Waals surface area contributed by atoms with Crippen LogP contribution in [0, 0.1) is 0 Å². The van der Waals surface area contributed by atoms with Gasteiger partial charge in [-0.15, -0.1) is 0 Å². The van der Waals surface area contributed by atoms with Crippen molar-refractivity contribution in [2.45, 2.75) is 551 Å². The third-order valence-electron chi connectivity index (χ3n) is 25.0. The Labute approximate surface area is 824 Å². The van der Waals surface area contributed by atoms with E-state index in [1.54, 1.807) is 0 Å². The molecule has 0 heterocycles. The van der Waals surface area contributed by atoms with Gasteiger partial charge in [0.25, 0.3) is 0 Å². The molecule has 2 aromatic rings. The summed E-state index contributed by atoms with van der Waals surface area (Å²) in [6.07, 6.45) is 119. The molecule has 2 rings (SSSR count). The van der Waals surface area contributed by atoms with Gasteiger partial charge in [-0.25, -0.2) is 36.0 Å². The minimum Gasteiger partial charge on any atom is -0.744 e. The molecule has 0 N–H and O–H groups in total. The molecule has 129 heavy (non-hydrogen) atoms. The van der Waals surface area contributed by atoms with Gasteiger partial charge in [-0.2, -0.15) is 0 Å². The van der Waals surface area contributed by atoms with Crippen LogP contribution < -0.4 is 0 Å². The molecule has 0 aromatic heterocycles. The number of benzene rings is 2. The van der Waals surface area contributed by atoms with Gasteiger partial charge in [-0.1, -0.05) is 462 Å². The largest absolute Gasteiger partial charge is 2.00 e. The Hall–Kier alpha value is -3.64. The SMILES string of the molecule is CCCCCCCCC/C=C/CCCCCCCCCCCCCOC(=O)c1ccc(S(=O)(=O)[O-])cc1C(=O)OCCCCCCCCCCCCC/C=C/CCCCCCCCC.CCCCCCCCC/C=C/CCCCCCCCCCCCCOC(=O)c1ccc(S(=O)(=O)[O-])cc1C(=O)OCCCCCCCCCCCCC/C=C/CCCCCCCCC.[Ca+2]. The van der Waals surface area contributed by atoms with Crippen molar-refractivity contribution in [3.8, 4) is 0 Å². The van der Waals surface area contributed by atoms with Crippen LogP contribution in [0.5, 0.6) is 0 Å². The van der Waals surface area contributed by atoms with E-state index in [2.05, 4.69) is 76.3 Å². The fourth-order valence-corrected chi connectivity index (χ4v) is 17.7. The van der Waals surface area contributed by atoms with Crippen LogP contribution in [0.2, 0.25) is 0 Å². The van der Waals surface area contributed by atoms with Crippen LogP contribution >= 0.6 is 0 Å². The molecule has 0 unspecified atom stereocenters. The minimum atomic E-state index is -4.82. The van der Waals surface area contributed by atoms with Crippen molar-refractivity contribution in [2.75, 3.05) is 26.4 Å². The number of esters is 4. The maximum atomic E-state index is 13.0. The molecular formula is C112H194CaO14S2. The summed E-state index contributed by atoms with van der Waals surface area (Å²) in [5, 5.41) is 0. The van der Waals surface area contributed by atoms with E-state index in [1.165, 1.54) is 423 Å². The number of rotatable bonds is 94. The molecule has 0 aliphatic rings. The van der Waals surface area contributed by atoms with Crippen molar-refractivity contribution in [3.05, 3.63) is 107 Å². The Balaban J connectivity index is 0.00000252. The van der Waals surface area contributed by atoms with Gasteiger partial charge in [0.05, 0.1) is 58.5 Å². The van der Waals surface area contributed by atoms with E-state index < -0.39 is 53.9 Å². The minimum absolute atomic E-state index is 0. The first-order valence-electron chi connectivity index (χ1n) is 54.1. The molecule has 2 aromatic carbocycles. The first-order valence-corrected chi connectivity index (χ1v) is 56.9. The molecule has 0 fully saturated rings. The van der Waals surface area contributed by atoms with Crippen molar-refractivity contribution in [3.63, 3.8) is 0 Å². The average molecular weight is 1870 g/mol. The summed E-state index contributed by atoms with van der Waals surface area (Å²) < 4.78 is 92.1. The summed E-state index contributed by atoms with van der Waals surface area (Å²) in [6.45, 7) is 9.82. The zero-order valence-electron chi connectivity index (χ0n) is 83.7. The second-order valence-electron chi connectivity index (χ2n) is 37.1. The molecule has 740 valence electrons. The second-order valence-corrected chi connectivity index (χ2v) is 39.9. The summed E-state index contributed by atoms with van der Waals surface area (Å²) >= 11 is 0. The smallest absolute Gasteiger partial charge is 0.744 e. The van der Waals surface area contributed by atoms with Gasteiger partial charge >= 0.3 is 61.6 Å². The van der Waals surface area contributed by atoms with E-state index in [9.17, 15) is 45.1 Å². The summed E-state index contributed by atoms with van der Waals surface area (Å²) in [6, 6.07) is 6.32. The molecule has 0 aliphatic heterocycles. The Morgan fingerprint density at radius 2 is 0.341 bits per heavy atom. The van der Waals surface area contributed by atoms with E-state index in [1.807, 2.05) is 0 Å².